The minimum atomic E-state index is -2.74. The summed E-state index contributed by atoms with van der Waals surface area (Å²) in [6.07, 6.45) is -3.52. The number of hydrogen-bond acceptors (Lipinski definition) is 6. The van der Waals surface area contributed by atoms with E-state index in [1.54, 1.807) is 0 Å². The first-order valence-corrected chi connectivity index (χ1v) is 4.72. The third kappa shape index (κ3) is 28.0. The van der Waals surface area contributed by atoms with E-state index in [9.17, 15) is 19.2 Å². The predicted molar refractivity (Wildman–Crippen MR) is 83.0 cm³/mol. The molecule has 0 rings (SSSR count). The van der Waals surface area contributed by atoms with Crippen LogP contribution < -0.4 is 0 Å². The first-order chi connectivity index (χ1) is 8.42. The van der Waals surface area contributed by atoms with E-state index in [-0.39, 0.29) is 65.1 Å². The molecule has 25 heavy (non-hydrogen) atoms. The van der Waals surface area contributed by atoms with Crippen molar-refractivity contribution < 1.29 is 77.2 Å². The molecule has 1 atom stereocenters. The Morgan fingerprint density at radius 2 is 1.00 bits per heavy atom. The zero-order chi connectivity index (χ0) is 15.8. The Morgan fingerprint density at radius 3 is 1.08 bits per heavy atom. The second-order valence-corrected chi connectivity index (χ2v) is 3.49. The zero-order valence-electron chi connectivity index (χ0n) is 12.3. The summed E-state index contributed by atoms with van der Waals surface area (Å²) in [6.45, 7) is 1.20. The molecule has 0 saturated carbocycles. The van der Waals surface area contributed by atoms with Crippen LogP contribution in [0.25, 0.3) is 0 Å². The monoisotopic (exact) mass is 414 g/mol. The van der Waals surface area contributed by atoms with Crippen LogP contribution in [0.4, 0.5) is 0 Å². The van der Waals surface area contributed by atoms with E-state index in [1.165, 1.54) is 6.92 Å². The number of carboxylic acid groups (broad SMARTS) is 4. The summed E-state index contributed by atoms with van der Waals surface area (Å²) in [4.78, 5) is 39.9. The Morgan fingerprint density at radius 1 is 0.800 bits per heavy atom. The van der Waals surface area contributed by atoms with Gasteiger partial charge in [0.05, 0.1) is 12.8 Å². The third-order valence-corrected chi connectivity index (χ3v) is 1.64. The SMILES string of the molecule is CC(O)C(=O)O.O.O.O.O.O.O=C(O)CC(O)(CC(=O)O)C(=O)O.[CaH2]. The molecule has 154 valence electrons. The molecule has 0 radical (unpaired) electrons. The van der Waals surface area contributed by atoms with Gasteiger partial charge in [0.15, 0.2) is 5.60 Å². The summed E-state index contributed by atoms with van der Waals surface area (Å²) in [7, 11) is 0. The van der Waals surface area contributed by atoms with E-state index in [0.29, 0.717) is 0 Å². The molecule has 0 heterocycles. The Kier molecular flexibility index (Phi) is 45.3. The molecule has 0 saturated heterocycles. The van der Waals surface area contributed by atoms with Gasteiger partial charge in [0, 0.05) is 0 Å². The van der Waals surface area contributed by atoms with Gasteiger partial charge in [-0.05, 0) is 6.92 Å². The summed E-state index contributed by atoms with van der Waals surface area (Å²) in [5.74, 6) is -6.20. The summed E-state index contributed by atoms with van der Waals surface area (Å²) >= 11 is 0. The van der Waals surface area contributed by atoms with Gasteiger partial charge < -0.3 is 58.0 Å². The van der Waals surface area contributed by atoms with E-state index >= 15 is 0 Å². The Bertz CT molecular complexity index is 352. The number of aliphatic carboxylic acids is 4. The molecule has 0 spiro atoms. The van der Waals surface area contributed by atoms with Crippen molar-refractivity contribution in [2.24, 2.45) is 0 Å². The van der Waals surface area contributed by atoms with E-state index in [1.807, 2.05) is 0 Å². The van der Waals surface area contributed by atoms with Crippen LogP contribution >= 0.6 is 0 Å². The second kappa shape index (κ2) is 22.9. The van der Waals surface area contributed by atoms with Gasteiger partial charge in [-0.15, -0.1) is 0 Å². The molecule has 0 amide bonds. The fraction of sp³-hybridized carbons (Fsp3) is 0.556. The van der Waals surface area contributed by atoms with Gasteiger partial charge in [-0.3, -0.25) is 9.59 Å². The van der Waals surface area contributed by atoms with Crippen molar-refractivity contribution in [2.45, 2.75) is 31.5 Å². The topological polar surface area (TPSA) is 347 Å². The van der Waals surface area contributed by atoms with Crippen molar-refractivity contribution in [3.8, 4) is 0 Å². The van der Waals surface area contributed by atoms with Crippen LogP contribution in [-0.2, 0) is 19.2 Å². The molecule has 0 bridgehead atoms. The van der Waals surface area contributed by atoms with E-state index in [0.717, 1.165) is 0 Å². The van der Waals surface area contributed by atoms with Crippen LogP contribution in [0.5, 0.6) is 0 Å². The van der Waals surface area contributed by atoms with Gasteiger partial charge in [-0.1, -0.05) is 0 Å². The zero-order valence-corrected chi connectivity index (χ0v) is 12.3. The molecule has 0 aliphatic rings. The van der Waals surface area contributed by atoms with Crippen molar-refractivity contribution in [1.82, 2.24) is 0 Å². The third-order valence-electron chi connectivity index (χ3n) is 1.64. The van der Waals surface area contributed by atoms with Gasteiger partial charge in [0.1, 0.15) is 6.10 Å². The van der Waals surface area contributed by atoms with Gasteiger partial charge in [-0.2, -0.15) is 0 Å². The van der Waals surface area contributed by atoms with Crippen molar-refractivity contribution in [3.05, 3.63) is 0 Å². The second-order valence-electron chi connectivity index (χ2n) is 3.49. The molecular weight excluding hydrogens is 388 g/mol. The number of carbonyl (C=O) groups is 4. The number of aliphatic hydroxyl groups excluding tert-OH is 1. The maximum atomic E-state index is 10.3. The molecule has 0 aromatic heterocycles. The van der Waals surface area contributed by atoms with Crippen LogP contribution in [0, 0.1) is 0 Å². The molecule has 0 aliphatic heterocycles. The first kappa shape index (κ1) is 49.6. The van der Waals surface area contributed by atoms with E-state index < -0.39 is 48.4 Å². The molecule has 16 N–H and O–H groups in total. The van der Waals surface area contributed by atoms with E-state index in [2.05, 4.69) is 0 Å². The molecule has 1 unspecified atom stereocenters. The molecular formula is C9H26CaO15. The van der Waals surface area contributed by atoms with Gasteiger partial charge >= 0.3 is 61.6 Å². The van der Waals surface area contributed by atoms with Gasteiger partial charge in [0.2, 0.25) is 0 Å². The number of hydrogen-bond donors (Lipinski definition) is 6. The fourth-order valence-electron chi connectivity index (χ4n) is 0.714. The standard InChI is InChI=1S/C6H8O7.C3H6O3.Ca.5H2O.2H/c7-3(8)1-6(13,5(11)12)2-4(9)10;1-2(4)3(5)6;;;;;;;;/h13H,1-2H2,(H,7,8)(H,9,10)(H,11,12);2,4H,1H3,(H,5,6);;5*1H2;;. The van der Waals surface area contributed by atoms with Crippen molar-refractivity contribution in [2.75, 3.05) is 0 Å². The van der Waals surface area contributed by atoms with Crippen LogP contribution in [0.15, 0.2) is 0 Å². The summed E-state index contributed by atoms with van der Waals surface area (Å²) in [5, 5.41) is 49.6. The van der Waals surface area contributed by atoms with Crippen molar-refractivity contribution >= 4 is 61.6 Å². The van der Waals surface area contributed by atoms with Crippen LogP contribution in [0.3, 0.4) is 0 Å². The Balaban J connectivity index is -0.0000000358. The van der Waals surface area contributed by atoms with Crippen molar-refractivity contribution in [1.29, 1.82) is 0 Å². The minimum absolute atomic E-state index is 0. The van der Waals surface area contributed by atoms with Crippen LogP contribution in [0.2, 0.25) is 0 Å². The Hall–Kier alpha value is -1.14. The fourth-order valence-corrected chi connectivity index (χ4v) is 0.714. The van der Waals surface area contributed by atoms with E-state index in [4.69, 9.17) is 30.6 Å². The quantitative estimate of drug-likeness (QED) is 0.223. The molecule has 16 heteroatoms. The average molecular weight is 414 g/mol. The number of aliphatic hydroxyl groups is 2. The predicted octanol–water partition coefficient (Wildman–Crippen LogP) is -6.84. The maximum absolute atomic E-state index is 10.3. The Labute approximate surface area is 170 Å². The molecule has 0 aliphatic carbocycles. The van der Waals surface area contributed by atoms with Gasteiger partial charge in [-0.25, -0.2) is 9.59 Å². The normalized spacial score (nSPS) is 8.92. The molecule has 0 aromatic rings. The first-order valence-electron chi connectivity index (χ1n) is 4.72. The molecule has 0 fully saturated rings. The van der Waals surface area contributed by atoms with Gasteiger partial charge in [0.25, 0.3) is 0 Å². The molecule has 15 nitrogen and oxygen atoms in total. The summed E-state index contributed by atoms with van der Waals surface area (Å²) in [6, 6.07) is 0. The summed E-state index contributed by atoms with van der Waals surface area (Å²) < 4.78 is 0. The summed E-state index contributed by atoms with van der Waals surface area (Å²) in [5.41, 5.74) is -2.74. The molecule has 0 aromatic carbocycles. The van der Waals surface area contributed by atoms with Crippen molar-refractivity contribution in [3.63, 3.8) is 0 Å². The number of rotatable bonds is 6. The average Bonchev–Trinajstić information content (AvgIpc) is 2.14. The number of carboxylic acids is 4. The van der Waals surface area contributed by atoms with Crippen LogP contribution in [0.1, 0.15) is 19.8 Å². The van der Waals surface area contributed by atoms with Crippen LogP contribution in [-0.4, -0.2) is 131 Å².